The molecule has 6 aromatic rings. The molecule has 2 N–H and O–H groups in total. The number of nitrogens with zero attached hydrogens (tertiary/aromatic N) is 3. The normalized spacial score (nSPS) is 11.5. The van der Waals surface area contributed by atoms with Gasteiger partial charge in [-0.15, -0.1) is 11.3 Å². The minimum Gasteiger partial charge on any atom is -0.308 e. The zero-order chi connectivity index (χ0) is 28.6. The van der Waals surface area contributed by atoms with Crippen molar-refractivity contribution in [1.29, 1.82) is 0 Å². The van der Waals surface area contributed by atoms with Gasteiger partial charge in [-0.3, -0.25) is 0 Å². The number of anilines is 2. The van der Waals surface area contributed by atoms with Gasteiger partial charge in [-0.2, -0.15) is 0 Å². The molecule has 2 amide bonds. The van der Waals surface area contributed by atoms with E-state index in [2.05, 4.69) is 15.6 Å². The summed E-state index contributed by atoms with van der Waals surface area (Å²) in [6.45, 7) is 3.85. The maximum Gasteiger partial charge on any atom is 0.323 e. The molecule has 0 aliphatic carbocycles. The lowest BCUT2D eigenvalue weighted by molar-refractivity contribution is 0.262. The van der Waals surface area contributed by atoms with E-state index in [1.807, 2.05) is 74.5 Å². The van der Waals surface area contributed by atoms with E-state index in [-0.39, 0.29) is 10.9 Å². The molecule has 0 saturated carbocycles. The highest BCUT2D eigenvalue weighted by Gasteiger charge is 2.23. The molecule has 204 valence electrons. The molecule has 0 atom stereocenters. The van der Waals surface area contributed by atoms with Gasteiger partial charge in [-0.1, -0.05) is 48.0 Å². The Morgan fingerprint density at radius 2 is 1.51 bits per heavy atom. The molecule has 0 spiro atoms. The number of thiazole rings is 1. The molecule has 0 bridgehead atoms. The highest BCUT2D eigenvalue weighted by Crippen LogP contribution is 2.40. The standard InChI is InChI=1S/C31H25N5O3S2/c1-20-8-14-25(15-9-20)41(38,39)36-19-17-27-26(16-18-32-30(27)36)29-28(33-21(2)40-29)22-10-12-24(13-11-22)35-31(37)34-23-6-4-3-5-7-23/h3-19H,1-2H3,(H2,34,35,37). The van der Waals surface area contributed by atoms with E-state index in [1.165, 1.54) is 15.3 Å². The first-order chi connectivity index (χ1) is 19.8. The fourth-order valence-electron chi connectivity index (χ4n) is 4.56. The Hall–Kier alpha value is -4.80. The summed E-state index contributed by atoms with van der Waals surface area (Å²) in [5.74, 6) is 0. The predicted octanol–water partition coefficient (Wildman–Crippen LogP) is 7.32. The van der Waals surface area contributed by atoms with Crippen molar-refractivity contribution in [2.75, 3.05) is 10.6 Å². The molecule has 3 heterocycles. The monoisotopic (exact) mass is 579 g/mol. The van der Waals surface area contributed by atoms with Crippen molar-refractivity contribution < 1.29 is 13.2 Å². The number of benzene rings is 3. The second kappa shape index (κ2) is 10.6. The number of urea groups is 1. The third-order valence-electron chi connectivity index (χ3n) is 6.56. The topological polar surface area (TPSA) is 106 Å². The second-order valence-corrected chi connectivity index (χ2v) is 12.5. The van der Waals surface area contributed by atoms with E-state index in [0.29, 0.717) is 22.4 Å². The molecule has 0 aliphatic rings. The number of carbonyl (C=O) groups excluding carboxylic acids is 1. The zero-order valence-electron chi connectivity index (χ0n) is 22.2. The van der Waals surface area contributed by atoms with Crippen LogP contribution in [0, 0.1) is 13.8 Å². The lowest BCUT2D eigenvalue weighted by Crippen LogP contribution is -2.19. The smallest absolute Gasteiger partial charge is 0.308 e. The Morgan fingerprint density at radius 1 is 0.829 bits per heavy atom. The molecule has 0 fully saturated rings. The number of amides is 2. The molecule has 3 aromatic carbocycles. The largest absolute Gasteiger partial charge is 0.323 e. The van der Waals surface area contributed by atoms with E-state index in [1.54, 1.807) is 42.7 Å². The van der Waals surface area contributed by atoms with E-state index in [9.17, 15) is 13.2 Å². The SMILES string of the molecule is Cc1ccc(S(=O)(=O)n2ccc3c(-c4sc(C)nc4-c4ccc(NC(=O)Nc5ccccc5)cc4)ccnc32)cc1. The molecular formula is C31H25N5O3S2. The van der Waals surface area contributed by atoms with Gasteiger partial charge in [0.15, 0.2) is 5.65 Å². The summed E-state index contributed by atoms with van der Waals surface area (Å²) in [5.41, 5.74) is 5.16. The van der Waals surface area contributed by atoms with Crippen LogP contribution in [0.3, 0.4) is 0 Å². The average Bonchev–Trinajstić information content (AvgIpc) is 3.58. The van der Waals surface area contributed by atoms with Crippen LogP contribution in [-0.2, 0) is 10.0 Å². The Kier molecular flexibility index (Phi) is 6.86. The minimum atomic E-state index is -3.83. The molecule has 8 nitrogen and oxygen atoms in total. The molecule has 6 rings (SSSR count). The number of rotatable bonds is 6. The maximum atomic E-state index is 13.5. The third-order valence-corrected chi connectivity index (χ3v) is 9.24. The first-order valence-corrected chi connectivity index (χ1v) is 15.0. The summed E-state index contributed by atoms with van der Waals surface area (Å²) < 4.78 is 28.1. The molecule has 0 unspecified atom stereocenters. The van der Waals surface area contributed by atoms with Gasteiger partial charge >= 0.3 is 6.03 Å². The summed E-state index contributed by atoms with van der Waals surface area (Å²) in [5, 5.41) is 7.23. The average molecular weight is 580 g/mol. The van der Waals surface area contributed by atoms with Gasteiger partial charge in [-0.05, 0) is 62.4 Å². The van der Waals surface area contributed by atoms with Crippen LogP contribution in [0.2, 0.25) is 0 Å². The van der Waals surface area contributed by atoms with Gasteiger partial charge in [-0.25, -0.2) is 27.2 Å². The number of fused-ring (bicyclic) bond motifs is 1. The van der Waals surface area contributed by atoms with Crippen LogP contribution in [-0.4, -0.2) is 28.4 Å². The Morgan fingerprint density at radius 3 is 2.22 bits per heavy atom. The van der Waals surface area contributed by atoms with Crippen molar-refractivity contribution in [2.24, 2.45) is 0 Å². The van der Waals surface area contributed by atoms with Crippen molar-refractivity contribution in [3.05, 3.63) is 114 Å². The number of hydrogen-bond acceptors (Lipinski definition) is 6. The summed E-state index contributed by atoms with van der Waals surface area (Å²) in [7, 11) is -3.83. The number of pyridine rings is 1. The zero-order valence-corrected chi connectivity index (χ0v) is 23.8. The van der Waals surface area contributed by atoms with Crippen LogP contribution in [0.15, 0.2) is 108 Å². The fourth-order valence-corrected chi connectivity index (χ4v) is 6.84. The summed E-state index contributed by atoms with van der Waals surface area (Å²) in [6.07, 6.45) is 3.17. The molecule has 41 heavy (non-hydrogen) atoms. The van der Waals surface area contributed by atoms with Crippen molar-refractivity contribution in [3.8, 4) is 21.7 Å². The molecule has 0 saturated heterocycles. The second-order valence-electron chi connectivity index (χ2n) is 9.46. The number of aryl methyl sites for hydroxylation is 2. The van der Waals surface area contributed by atoms with Gasteiger partial charge in [0.25, 0.3) is 10.0 Å². The number of nitrogens with one attached hydrogen (secondary N) is 2. The number of aromatic nitrogens is 3. The van der Waals surface area contributed by atoms with Crippen molar-refractivity contribution in [1.82, 2.24) is 13.9 Å². The van der Waals surface area contributed by atoms with E-state index in [4.69, 9.17) is 4.98 Å². The van der Waals surface area contributed by atoms with Gasteiger partial charge in [0.2, 0.25) is 0 Å². The summed E-state index contributed by atoms with van der Waals surface area (Å²) in [4.78, 5) is 22.7. The van der Waals surface area contributed by atoms with Crippen LogP contribution in [0.1, 0.15) is 10.6 Å². The summed E-state index contributed by atoms with van der Waals surface area (Å²) >= 11 is 1.53. The third kappa shape index (κ3) is 5.22. The van der Waals surface area contributed by atoms with Gasteiger partial charge in [0.05, 0.1) is 20.5 Å². The Balaban J connectivity index is 1.32. The Bertz CT molecular complexity index is 1980. The lowest BCUT2D eigenvalue weighted by Gasteiger charge is -2.10. The molecule has 0 radical (unpaired) electrons. The highest BCUT2D eigenvalue weighted by molar-refractivity contribution is 7.90. The van der Waals surface area contributed by atoms with Gasteiger partial charge < -0.3 is 10.6 Å². The van der Waals surface area contributed by atoms with Crippen LogP contribution < -0.4 is 10.6 Å². The lowest BCUT2D eigenvalue weighted by atomic mass is 10.1. The Labute approximate surface area is 241 Å². The van der Waals surface area contributed by atoms with Crippen LogP contribution in [0.4, 0.5) is 16.2 Å². The number of para-hydroxylation sites is 1. The highest BCUT2D eigenvalue weighted by atomic mass is 32.2. The predicted molar refractivity (Wildman–Crippen MR) is 164 cm³/mol. The molecule has 10 heteroatoms. The first kappa shape index (κ1) is 26.4. The number of hydrogen-bond donors (Lipinski definition) is 2. The fraction of sp³-hybridized carbons (Fsp3) is 0.0645. The van der Waals surface area contributed by atoms with Crippen LogP contribution in [0.5, 0.6) is 0 Å². The quantitative estimate of drug-likeness (QED) is 0.215. The molecule has 0 aliphatic heterocycles. The van der Waals surface area contributed by atoms with E-state index >= 15 is 0 Å². The minimum absolute atomic E-state index is 0.202. The van der Waals surface area contributed by atoms with Crippen LogP contribution >= 0.6 is 11.3 Å². The van der Waals surface area contributed by atoms with Crippen molar-refractivity contribution in [3.63, 3.8) is 0 Å². The molecule has 3 aromatic heterocycles. The maximum absolute atomic E-state index is 13.5. The van der Waals surface area contributed by atoms with Gasteiger partial charge in [0, 0.05) is 40.3 Å². The first-order valence-electron chi connectivity index (χ1n) is 12.8. The number of carbonyl (C=O) groups is 1. The van der Waals surface area contributed by atoms with E-state index in [0.717, 1.165) is 32.3 Å². The van der Waals surface area contributed by atoms with Crippen molar-refractivity contribution >= 4 is 49.8 Å². The van der Waals surface area contributed by atoms with Crippen molar-refractivity contribution in [2.45, 2.75) is 18.7 Å². The molecular weight excluding hydrogens is 555 g/mol. The van der Waals surface area contributed by atoms with Crippen LogP contribution in [0.25, 0.3) is 32.7 Å². The van der Waals surface area contributed by atoms with E-state index < -0.39 is 10.0 Å². The van der Waals surface area contributed by atoms with Gasteiger partial charge in [0.1, 0.15) is 0 Å². The summed E-state index contributed by atoms with van der Waals surface area (Å²) in [6, 6.07) is 26.8.